The number of nitrogens with one attached hydrogen (secondary N) is 1. The lowest BCUT2D eigenvalue weighted by Gasteiger charge is -1.96. The molecule has 1 aromatic heterocycles. The van der Waals surface area contributed by atoms with Crippen LogP contribution in [0.1, 0.15) is 5.56 Å². The highest BCUT2D eigenvalue weighted by molar-refractivity contribution is 9.10. The Bertz CT molecular complexity index is 783. The maximum atomic E-state index is 5.21. The van der Waals surface area contributed by atoms with Gasteiger partial charge < -0.3 is 4.74 Å². The smallest absolute Gasteiger partial charge is 0.204 e. The second-order valence-corrected chi connectivity index (χ2v) is 6.22. The maximum Gasteiger partial charge on any atom is 0.204 e. The van der Waals surface area contributed by atoms with Crippen molar-refractivity contribution in [3.8, 4) is 5.75 Å². The first-order valence-corrected chi connectivity index (χ1v) is 7.85. The van der Waals surface area contributed by atoms with Gasteiger partial charge in [-0.05, 0) is 35.9 Å². The van der Waals surface area contributed by atoms with E-state index in [-0.39, 0.29) is 0 Å². The fourth-order valence-electron chi connectivity index (χ4n) is 1.79. The molecule has 0 fully saturated rings. The Morgan fingerprint density at radius 3 is 2.81 bits per heavy atom. The van der Waals surface area contributed by atoms with Crippen molar-refractivity contribution in [3.05, 3.63) is 52.5 Å². The Morgan fingerprint density at radius 1 is 1.24 bits per heavy atom. The van der Waals surface area contributed by atoms with Crippen molar-refractivity contribution in [3.63, 3.8) is 0 Å². The van der Waals surface area contributed by atoms with Crippen molar-refractivity contribution in [2.45, 2.75) is 0 Å². The standard InChI is InChI=1S/C15H12BrN3OS/c1-20-12-6-7-13-14(8-12)21-15(18-13)19-17-9-10-2-4-11(16)5-3-10/h2-9H,1H3,(H,18,19)/b17-9-. The van der Waals surface area contributed by atoms with Crippen LogP contribution in [0.4, 0.5) is 5.13 Å². The zero-order valence-electron chi connectivity index (χ0n) is 11.2. The minimum absolute atomic E-state index is 0.756. The van der Waals surface area contributed by atoms with Crippen LogP contribution in [0.3, 0.4) is 0 Å². The molecule has 3 aromatic rings. The number of methoxy groups -OCH3 is 1. The second-order valence-electron chi connectivity index (χ2n) is 4.27. The van der Waals surface area contributed by atoms with Crippen LogP contribution in [0.5, 0.6) is 5.75 Å². The molecule has 6 heteroatoms. The summed E-state index contributed by atoms with van der Waals surface area (Å²) in [6.45, 7) is 0. The first kappa shape index (κ1) is 14.0. The maximum absolute atomic E-state index is 5.21. The van der Waals surface area contributed by atoms with Gasteiger partial charge in [0.25, 0.3) is 0 Å². The molecule has 2 aromatic carbocycles. The average Bonchev–Trinajstić information content (AvgIpc) is 2.91. The number of fused-ring (bicyclic) bond motifs is 1. The van der Waals surface area contributed by atoms with Crippen molar-refractivity contribution in [1.29, 1.82) is 0 Å². The van der Waals surface area contributed by atoms with Crippen LogP contribution in [-0.2, 0) is 0 Å². The third-order valence-electron chi connectivity index (χ3n) is 2.84. The number of aromatic nitrogens is 1. The molecule has 0 unspecified atom stereocenters. The van der Waals surface area contributed by atoms with Crippen LogP contribution in [0.2, 0.25) is 0 Å². The van der Waals surface area contributed by atoms with Gasteiger partial charge in [-0.3, -0.25) is 5.43 Å². The molecule has 0 spiro atoms. The van der Waals surface area contributed by atoms with Gasteiger partial charge in [0, 0.05) is 4.47 Å². The SMILES string of the molecule is COc1ccc2nc(N/N=C\c3ccc(Br)cc3)sc2c1. The minimum Gasteiger partial charge on any atom is -0.497 e. The monoisotopic (exact) mass is 361 g/mol. The third-order valence-corrected chi connectivity index (χ3v) is 4.29. The van der Waals surface area contributed by atoms with Crippen molar-refractivity contribution in [2.24, 2.45) is 5.10 Å². The summed E-state index contributed by atoms with van der Waals surface area (Å²) in [5, 5.41) is 4.96. The molecule has 0 aliphatic heterocycles. The lowest BCUT2D eigenvalue weighted by atomic mass is 10.2. The highest BCUT2D eigenvalue weighted by Gasteiger charge is 2.03. The first-order chi connectivity index (χ1) is 10.2. The number of halogens is 1. The molecule has 1 heterocycles. The molecule has 0 saturated heterocycles. The van der Waals surface area contributed by atoms with Gasteiger partial charge in [0.2, 0.25) is 5.13 Å². The molecule has 0 bridgehead atoms. The highest BCUT2D eigenvalue weighted by atomic mass is 79.9. The molecule has 106 valence electrons. The number of hydrogen-bond acceptors (Lipinski definition) is 5. The Kier molecular flexibility index (Phi) is 4.17. The summed E-state index contributed by atoms with van der Waals surface area (Å²) in [4.78, 5) is 4.46. The third kappa shape index (κ3) is 3.40. The topological polar surface area (TPSA) is 46.5 Å². The quantitative estimate of drug-likeness (QED) is 0.549. The summed E-state index contributed by atoms with van der Waals surface area (Å²) in [5.74, 6) is 0.830. The zero-order chi connectivity index (χ0) is 14.7. The summed E-state index contributed by atoms with van der Waals surface area (Å²) in [7, 11) is 1.66. The molecule has 0 atom stereocenters. The Morgan fingerprint density at radius 2 is 2.05 bits per heavy atom. The molecule has 3 rings (SSSR count). The molecule has 21 heavy (non-hydrogen) atoms. The summed E-state index contributed by atoms with van der Waals surface area (Å²) in [6.07, 6.45) is 1.76. The molecule has 0 aliphatic carbocycles. The van der Waals surface area contributed by atoms with E-state index in [2.05, 4.69) is 31.4 Å². The number of nitrogens with zero attached hydrogens (tertiary/aromatic N) is 2. The Balaban J connectivity index is 1.74. The van der Waals surface area contributed by atoms with E-state index in [0.717, 1.165) is 31.1 Å². The molecular weight excluding hydrogens is 350 g/mol. The number of hydrazone groups is 1. The van der Waals surface area contributed by atoms with Crippen LogP contribution < -0.4 is 10.2 Å². The van der Waals surface area contributed by atoms with Gasteiger partial charge in [-0.2, -0.15) is 5.10 Å². The van der Waals surface area contributed by atoms with Crippen molar-refractivity contribution < 1.29 is 4.74 Å². The van der Waals surface area contributed by atoms with Crippen LogP contribution in [0.25, 0.3) is 10.2 Å². The van der Waals surface area contributed by atoms with Gasteiger partial charge in [-0.15, -0.1) is 0 Å². The number of anilines is 1. The van der Waals surface area contributed by atoms with Crippen LogP contribution in [0, 0.1) is 0 Å². The lowest BCUT2D eigenvalue weighted by Crippen LogP contribution is -1.89. The van der Waals surface area contributed by atoms with E-state index < -0.39 is 0 Å². The fraction of sp³-hybridized carbons (Fsp3) is 0.0667. The molecule has 0 aliphatic rings. The van der Waals surface area contributed by atoms with Gasteiger partial charge >= 0.3 is 0 Å². The van der Waals surface area contributed by atoms with Crippen molar-refractivity contribution in [2.75, 3.05) is 12.5 Å². The summed E-state index contributed by atoms with van der Waals surface area (Å²) in [5.41, 5.74) is 4.91. The summed E-state index contributed by atoms with van der Waals surface area (Å²) >= 11 is 4.94. The van der Waals surface area contributed by atoms with Gasteiger partial charge in [0.05, 0.1) is 23.5 Å². The van der Waals surface area contributed by atoms with E-state index >= 15 is 0 Å². The van der Waals surface area contributed by atoms with Gasteiger partial charge in [0.1, 0.15) is 5.75 Å². The van der Waals surface area contributed by atoms with E-state index in [9.17, 15) is 0 Å². The van der Waals surface area contributed by atoms with E-state index in [1.54, 1.807) is 24.7 Å². The highest BCUT2D eigenvalue weighted by Crippen LogP contribution is 2.29. The van der Waals surface area contributed by atoms with Gasteiger partial charge in [-0.25, -0.2) is 4.98 Å². The molecule has 0 amide bonds. The van der Waals surface area contributed by atoms with E-state index in [0.29, 0.717) is 0 Å². The zero-order valence-corrected chi connectivity index (χ0v) is 13.6. The predicted octanol–water partition coefficient (Wildman–Crippen LogP) is 4.51. The summed E-state index contributed by atoms with van der Waals surface area (Å²) in [6, 6.07) is 13.7. The lowest BCUT2D eigenvalue weighted by molar-refractivity contribution is 0.415. The molecule has 0 radical (unpaired) electrons. The van der Waals surface area contributed by atoms with Crippen molar-refractivity contribution >= 4 is 48.8 Å². The Hall–Kier alpha value is -1.92. The number of thiazole rings is 1. The Labute approximate surface area is 134 Å². The van der Waals surface area contributed by atoms with Crippen LogP contribution >= 0.6 is 27.3 Å². The van der Waals surface area contributed by atoms with Gasteiger partial charge in [0.15, 0.2) is 0 Å². The normalized spacial score (nSPS) is 11.1. The average molecular weight is 362 g/mol. The number of ether oxygens (including phenoxy) is 1. The second kappa shape index (κ2) is 6.24. The number of hydrogen-bond donors (Lipinski definition) is 1. The van der Waals surface area contributed by atoms with Crippen LogP contribution in [-0.4, -0.2) is 18.3 Å². The number of rotatable bonds is 4. The summed E-state index contributed by atoms with van der Waals surface area (Å²) < 4.78 is 7.32. The molecule has 0 saturated carbocycles. The van der Waals surface area contributed by atoms with E-state index in [1.165, 1.54) is 0 Å². The predicted molar refractivity (Wildman–Crippen MR) is 91.5 cm³/mol. The van der Waals surface area contributed by atoms with Crippen molar-refractivity contribution in [1.82, 2.24) is 4.98 Å². The molecule has 1 N–H and O–H groups in total. The minimum atomic E-state index is 0.756. The number of benzene rings is 2. The van der Waals surface area contributed by atoms with E-state index in [1.807, 2.05) is 42.5 Å². The largest absolute Gasteiger partial charge is 0.497 e. The van der Waals surface area contributed by atoms with E-state index in [4.69, 9.17) is 4.74 Å². The fourth-order valence-corrected chi connectivity index (χ4v) is 2.90. The first-order valence-electron chi connectivity index (χ1n) is 6.24. The van der Waals surface area contributed by atoms with Gasteiger partial charge in [-0.1, -0.05) is 39.4 Å². The van der Waals surface area contributed by atoms with Crippen LogP contribution in [0.15, 0.2) is 52.0 Å². The molecular formula is C15H12BrN3OS. The molecule has 4 nitrogen and oxygen atoms in total.